The molecule has 1 aliphatic carbocycles. The third kappa shape index (κ3) is 3.21. The largest absolute Gasteiger partial charge is 0.497 e. The lowest BCUT2D eigenvalue weighted by atomic mass is 9.59. The molecule has 0 spiro atoms. The van der Waals surface area contributed by atoms with Crippen LogP contribution in [0.3, 0.4) is 0 Å². The Bertz CT molecular complexity index is 706. The number of ether oxygens (including phenoxy) is 2. The van der Waals surface area contributed by atoms with Crippen LogP contribution < -0.4 is 14.8 Å². The van der Waals surface area contributed by atoms with Gasteiger partial charge in [0.1, 0.15) is 11.5 Å². The number of fused-ring (bicyclic) bond motifs is 2. The normalized spacial score (nSPS) is 32.7. The van der Waals surface area contributed by atoms with Gasteiger partial charge in [-0.3, -0.25) is 0 Å². The smallest absolute Gasteiger partial charge is 0.118 e. The average molecular weight is 367 g/mol. The lowest BCUT2D eigenvalue weighted by Gasteiger charge is -2.55. The fraction of sp³-hybridized carbons (Fsp3) is 0.478. The summed E-state index contributed by atoms with van der Waals surface area (Å²) in [4.78, 5) is 0. The van der Waals surface area contributed by atoms with Crippen molar-refractivity contribution in [1.82, 2.24) is 5.32 Å². The highest BCUT2D eigenvalue weighted by atomic mass is 16.5. The highest BCUT2D eigenvalue weighted by Gasteiger charge is 2.53. The van der Waals surface area contributed by atoms with Crippen molar-refractivity contribution in [1.29, 1.82) is 0 Å². The molecule has 1 aliphatic heterocycles. The molecule has 2 aromatic rings. The first-order chi connectivity index (χ1) is 13.0. The van der Waals surface area contributed by atoms with Gasteiger partial charge in [0.2, 0.25) is 0 Å². The maximum absolute atomic E-state index is 11.5. The van der Waals surface area contributed by atoms with E-state index < -0.39 is 5.60 Å². The zero-order chi connectivity index (χ0) is 19.0. The Labute approximate surface area is 161 Å². The van der Waals surface area contributed by atoms with Crippen molar-refractivity contribution >= 4 is 0 Å². The van der Waals surface area contributed by atoms with Crippen molar-refractivity contribution < 1.29 is 14.6 Å². The van der Waals surface area contributed by atoms with E-state index in [9.17, 15) is 5.11 Å². The van der Waals surface area contributed by atoms with Crippen LogP contribution in [0.25, 0.3) is 0 Å². The van der Waals surface area contributed by atoms with Crippen molar-refractivity contribution in [3.8, 4) is 11.5 Å². The molecule has 2 bridgehead atoms. The number of methoxy groups -OCH3 is 2. The summed E-state index contributed by atoms with van der Waals surface area (Å²) >= 11 is 0. The van der Waals surface area contributed by atoms with E-state index in [1.165, 1.54) is 11.1 Å². The van der Waals surface area contributed by atoms with Crippen LogP contribution in [0.5, 0.6) is 11.5 Å². The van der Waals surface area contributed by atoms with E-state index in [-0.39, 0.29) is 23.9 Å². The molecule has 144 valence electrons. The molecule has 4 unspecified atom stereocenters. The molecular formula is C23H29NO3. The second kappa shape index (κ2) is 7.17. The summed E-state index contributed by atoms with van der Waals surface area (Å²) in [7, 11) is 3.37. The van der Waals surface area contributed by atoms with Crippen molar-refractivity contribution in [2.45, 2.75) is 43.9 Å². The molecule has 0 amide bonds. The summed E-state index contributed by atoms with van der Waals surface area (Å²) in [5.74, 6) is 2.13. The van der Waals surface area contributed by atoms with Crippen molar-refractivity contribution in [2.24, 2.45) is 11.8 Å². The van der Waals surface area contributed by atoms with Crippen LogP contribution in [0.2, 0.25) is 0 Å². The first kappa shape index (κ1) is 18.3. The van der Waals surface area contributed by atoms with Crippen LogP contribution in [-0.2, 0) is 0 Å². The molecule has 4 heteroatoms. The van der Waals surface area contributed by atoms with Crippen LogP contribution in [0.15, 0.2) is 48.5 Å². The first-order valence-electron chi connectivity index (χ1n) is 9.81. The molecule has 0 aromatic heterocycles. The number of hydrogen-bond acceptors (Lipinski definition) is 4. The van der Waals surface area contributed by atoms with E-state index in [1.807, 2.05) is 31.2 Å². The molecule has 1 saturated carbocycles. The Morgan fingerprint density at radius 2 is 1.22 bits per heavy atom. The van der Waals surface area contributed by atoms with Crippen molar-refractivity contribution in [2.75, 3.05) is 14.2 Å². The molecule has 4 rings (SSSR count). The Morgan fingerprint density at radius 3 is 1.59 bits per heavy atom. The van der Waals surface area contributed by atoms with Crippen LogP contribution >= 0.6 is 0 Å². The van der Waals surface area contributed by atoms with Gasteiger partial charge in [0.25, 0.3) is 0 Å². The molecule has 4 atom stereocenters. The standard InChI is InChI=1S/C23H29NO3/c1-23(25)19-5-4-6-20(23)22(16-9-13-18(27-3)14-10-16)24-21(19)15-7-11-17(26-2)12-8-15/h7-14,19-22,24-25H,4-6H2,1-3H3. The minimum Gasteiger partial charge on any atom is -0.497 e. The van der Waals surface area contributed by atoms with Gasteiger partial charge in [-0.1, -0.05) is 30.7 Å². The molecule has 2 fully saturated rings. The highest BCUT2D eigenvalue weighted by molar-refractivity contribution is 5.34. The minimum absolute atomic E-state index is 0.120. The van der Waals surface area contributed by atoms with Gasteiger partial charge in [-0.25, -0.2) is 0 Å². The van der Waals surface area contributed by atoms with Crippen molar-refractivity contribution in [3.63, 3.8) is 0 Å². The van der Waals surface area contributed by atoms with Crippen LogP contribution in [-0.4, -0.2) is 24.9 Å². The molecule has 2 N–H and O–H groups in total. The zero-order valence-electron chi connectivity index (χ0n) is 16.3. The number of benzene rings is 2. The lowest BCUT2D eigenvalue weighted by molar-refractivity contribution is -0.133. The average Bonchev–Trinajstić information content (AvgIpc) is 2.68. The van der Waals surface area contributed by atoms with Gasteiger partial charge in [-0.2, -0.15) is 0 Å². The van der Waals surface area contributed by atoms with Gasteiger partial charge in [-0.15, -0.1) is 0 Å². The van der Waals surface area contributed by atoms with Gasteiger partial charge >= 0.3 is 0 Å². The second-order valence-corrected chi connectivity index (χ2v) is 8.04. The molecular weight excluding hydrogens is 338 g/mol. The third-order valence-corrected chi connectivity index (χ3v) is 6.65. The summed E-state index contributed by atoms with van der Waals surface area (Å²) in [5, 5.41) is 15.4. The SMILES string of the molecule is COc1ccc(C2NC(c3ccc(OC)cc3)C3CCCC2C3(C)O)cc1. The topological polar surface area (TPSA) is 50.7 Å². The van der Waals surface area contributed by atoms with E-state index in [2.05, 4.69) is 29.6 Å². The Balaban J connectivity index is 1.71. The molecule has 2 aliphatic rings. The summed E-state index contributed by atoms with van der Waals surface area (Å²) in [6, 6.07) is 16.7. The van der Waals surface area contributed by atoms with E-state index in [4.69, 9.17) is 9.47 Å². The molecule has 1 saturated heterocycles. The van der Waals surface area contributed by atoms with Crippen LogP contribution in [0.1, 0.15) is 49.4 Å². The number of rotatable bonds is 4. The fourth-order valence-corrected chi connectivity index (χ4v) is 5.13. The Morgan fingerprint density at radius 1 is 0.815 bits per heavy atom. The first-order valence-corrected chi connectivity index (χ1v) is 9.81. The van der Waals surface area contributed by atoms with E-state index >= 15 is 0 Å². The summed E-state index contributed by atoms with van der Waals surface area (Å²) < 4.78 is 10.6. The molecule has 0 radical (unpaired) electrons. The maximum atomic E-state index is 11.5. The highest BCUT2D eigenvalue weighted by Crippen LogP contribution is 2.53. The van der Waals surface area contributed by atoms with E-state index in [0.29, 0.717) is 0 Å². The molecule has 2 aromatic carbocycles. The van der Waals surface area contributed by atoms with Gasteiger partial charge in [0.05, 0.1) is 19.8 Å². The molecule has 27 heavy (non-hydrogen) atoms. The Hall–Kier alpha value is -2.04. The van der Waals surface area contributed by atoms with Gasteiger partial charge in [0, 0.05) is 23.9 Å². The van der Waals surface area contributed by atoms with Gasteiger partial charge in [0.15, 0.2) is 0 Å². The predicted molar refractivity (Wildman–Crippen MR) is 106 cm³/mol. The van der Waals surface area contributed by atoms with Crippen LogP contribution in [0, 0.1) is 11.8 Å². The Kier molecular flexibility index (Phi) is 4.87. The number of piperidine rings is 1. The van der Waals surface area contributed by atoms with E-state index in [1.54, 1.807) is 14.2 Å². The quantitative estimate of drug-likeness (QED) is 0.848. The van der Waals surface area contributed by atoms with Gasteiger partial charge in [-0.05, 0) is 55.2 Å². The number of hydrogen-bond donors (Lipinski definition) is 2. The van der Waals surface area contributed by atoms with Gasteiger partial charge < -0.3 is 19.9 Å². The fourth-order valence-electron chi connectivity index (χ4n) is 5.13. The summed E-state index contributed by atoms with van der Waals surface area (Å²) in [5.41, 5.74) is 1.72. The summed E-state index contributed by atoms with van der Waals surface area (Å²) in [6.07, 6.45) is 3.25. The summed E-state index contributed by atoms with van der Waals surface area (Å²) in [6.45, 7) is 2.04. The maximum Gasteiger partial charge on any atom is 0.118 e. The predicted octanol–water partition coefficient (Wildman–Crippen LogP) is 4.26. The second-order valence-electron chi connectivity index (χ2n) is 8.04. The number of nitrogens with one attached hydrogen (secondary N) is 1. The van der Waals surface area contributed by atoms with Crippen molar-refractivity contribution in [3.05, 3.63) is 59.7 Å². The number of aliphatic hydroxyl groups is 1. The van der Waals surface area contributed by atoms with E-state index in [0.717, 1.165) is 30.8 Å². The third-order valence-electron chi connectivity index (χ3n) is 6.65. The molecule has 1 heterocycles. The lowest BCUT2D eigenvalue weighted by Crippen LogP contribution is -2.59. The molecule has 4 nitrogen and oxygen atoms in total. The monoisotopic (exact) mass is 367 g/mol. The van der Waals surface area contributed by atoms with Crippen LogP contribution in [0.4, 0.5) is 0 Å². The minimum atomic E-state index is -0.696. The zero-order valence-corrected chi connectivity index (χ0v) is 16.3.